The fraction of sp³-hybridized carbons (Fsp3) is 0.250. The highest BCUT2D eigenvalue weighted by atomic mass is 19.4. The van der Waals surface area contributed by atoms with Crippen LogP contribution < -0.4 is 9.64 Å². The molecule has 3 heterocycles. The predicted molar refractivity (Wildman–Crippen MR) is 123 cm³/mol. The van der Waals surface area contributed by atoms with E-state index in [0.29, 0.717) is 37.4 Å². The maximum atomic E-state index is 13.0. The van der Waals surface area contributed by atoms with Gasteiger partial charge in [-0.15, -0.1) is 18.3 Å². The second-order valence-electron chi connectivity index (χ2n) is 8.15. The zero-order valence-electron chi connectivity index (χ0n) is 18.7. The fourth-order valence-corrected chi connectivity index (χ4v) is 4.13. The molecule has 0 aliphatic carbocycles. The number of hydrogen-bond acceptors (Lipinski definition) is 6. The lowest BCUT2D eigenvalue weighted by atomic mass is 10.1. The van der Waals surface area contributed by atoms with Crippen molar-refractivity contribution in [3.8, 4) is 17.0 Å². The standard InChI is InChI=1S/C24H21F3N6O2/c1-16-14-22(19-4-2-3-5-20(19)29-16)31-10-12-32(13-11-31)23(34)33-28-15-21(30-33)17-6-8-18(9-7-17)35-24(25,26)27/h2-9,14-15H,10-13H2,1H3. The fourth-order valence-electron chi connectivity index (χ4n) is 4.13. The quantitative estimate of drug-likeness (QED) is 0.428. The minimum absolute atomic E-state index is 0.334. The van der Waals surface area contributed by atoms with Crippen LogP contribution in [0.2, 0.25) is 0 Å². The number of halogens is 3. The van der Waals surface area contributed by atoms with E-state index < -0.39 is 6.36 Å². The van der Waals surface area contributed by atoms with E-state index in [1.165, 1.54) is 30.5 Å². The molecule has 1 aliphatic heterocycles. The number of aromatic nitrogens is 4. The number of fused-ring (bicyclic) bond motifs is 1. The van der Waals surface area contributed by atoms with Gasteiger partial charge in [0.15, 0.2) is 0 Å². The second-order valence-corrected chi connectivity index (χ2v) is 8.15. The van der Waals surface area contributed by atoms with Crippen molar-refractivity contribution in [3.63, 3.8) is 0 Å². The normalized spacial score (nSPS) is 14.4. The SMILES string of the molecule is Cc1cc(N2CCN(C(=O)n3ncc(-c4ccc(OC(F)(F)F)cc4)n3)CC2)c2ccccc2n1. The molecule has 0 unspecified atom stereocenters. The van der Waals surface area contributed by atoms with Crippen molar-refractivity contribution in [2.75, 3.05) is 31.1 Å². The van der Waals surface area contributed by atoms with E-state index in [1.807, 2.05) is 31.2 Å². The van der Waals surface area contributed by atoms with Gasteiger partial charge in [0.05, 0.1) is 11.7 Å². The average Bonchev–Trinajstić information content (AvgIpc) is 3.33. The molecule has 5 rings (SSSR count). The van der Waals surface area contributed by atoms with Crippen LogP contribution in [0, 0.1) is 6.92 Å². The van der Waals surface area contributed by atoms with Gasteiger partial charge in [0.2, 0.25) is 0 Å². The number of ether oxygens (including phenoxy) is 1. The van der Waals surface area contributed by atoms with Gasteiger partial charge < -0.3 is 14.5 Å². The molecule has 1 saturated heterocycles. The molecular formula is C24H21F3N6O2. The summed E-state index contributed by atoms with van der Waals surface area (Å²) in [5.74, 6) is -0.334. The van der Waals surface area contributed by atoms with Gasteiger partial charge in [-0.1, -0.05) is 23.0 Å². The highest BCUT2D eigenvalue weighted by molar-refractivity contribution is 5.92. The van der Waals surface area contributed by atoms with Gasteiger partial charge in [0, 0.05) is 48.5 Å². The Kier molecular flexibility index (Phi) is 5.75. The second kappa shape index (κ2) is 8.90. The number of carbonyl (C=O) groups excluding carboxylic acids is 1. The largest absolute Gasteiger partial charge is 0.573 e. The Morgan fingerprint density at radius 2 is 1.71 bits per heavy atom. The number of alkyl halides is 3. The number of piperazine rings is 1. The third-order valence-corrected chi connectivity index (χ3v) is 5.76. The Morgan fingerprint density at radius 3 is 2.43 bits per heavy atom. The number of pyridine rings is 1. The molecule has 1 fully saturated rings. The third-order valence-electron chi connectivity index (χ3n) is 5.76. The van der Waals surface area contributed by atoms with E-state index in [2.05, 4.69) is 30.9 Å². The molecule has 11 heteroatoms. The molecule has 8 nitrogen and oxygen atoms in total. The van der Waals surface area contributed by atoms with Crippen molar-refractivity contribution in [3.05, 3.63) is 66.5 Å². The summed E-state index contributed by atoms with van der Waals surface area (Å²) in [5, 5.41) is 9.35. The van der Waals surface area contributed by atoms with Crippen LogP contribution >= 0.6 is 0 Å². The number of hydrogen-bond donors (Lipinski definition) is 0. The van der Waals surface area contributed by atoms with Crippen LogP contribution in [0.3, 0.4) is 0 Å². The molecule has 1 amide bonds. The maximum absolute atomic E-state index is 13.0. The van der Waals surface area contributed by atoms with E-state index >= 15 is 0 Å². The van der Waals surface area contributed by atoms with Gasteiger partial charge in [-0.2, -0.15) is 5.10 Å². The summed E-state index contributed by atoms with van der Waals surface area (Å²) in [5.41, 5.74) is 3.85. The molecular weight excluding hydrogens is 461 g/mol. The first-order chi connectivity index (χ1) is 16.8. The maximum Gasteiger partial charge on any atom is 0.573 e. The first-order valence-electron chi connectivity index (χ1n) is 11.0. The van der Waals surface area contributed by atoms with E-state index in [0.717, 1.165) is 27.1 Å². The van der Waals surface area contributed by atoms with Crippen molar-refractivity contribution in [2.24, 2.45) is 0 Å². The zero-order chi connectivity index (χ0) is 24.6. The minimum atomic E-state index is -4.76. The van der Waals surface area contributed by atoms with E-state index in [-0.39, 0.29) is 11.8 Å². The molecule has 0 spiro atoms. The molecule has 4 aromatic rings. The number of benzene rings is 2. The van der Waals surface area contributed by atoms with E-state index in [1.54, 1.807) is 4.90 Å². The van der Waals surface area contributed by atoms with Crippen LogP contribution in [0.25, 0.3) is 22.2 Å². The lowest BCUT2D eigenvalue weighted by Crippen LogP contribution is -2.50. The number of carbonyl (C=O) groups is 1. The number of nitrogens with zero attached hydrogens (tertiary/aromatic N) is 6. The van der Waals surface area contributed by atoms with Crippen molar-refractivity contribution < 1.29 is 22.7 Å². The van der Waals surface area contributed by atoms with Crippen molar-refractivity contribution in [1.82, 2.24) is 24.9 Å². The van der Waals surface area contributed by atoms with Crippen molar-refractivity contribution >= 4 is 22.6 Å². The molecule has 0 bridgehead atoms. The van der Waals surface area contributed by atoms with Crippen LogP contribution in [0.5, 0.6) is 5.75 Å². The molecule has 0 N–H and O–H groups in total. The summed E-state index contributed by atoms with van der Waals surface area (Å²) in [4.78, 5) is 22.5. The third kappa shape index (κ3) is 4.88. The Bertz CT molecular complexity index is 1360. The molecule has 35 heavy (non-hydrogen) atoms. The van der Waals surface area contributed by atoms with Crippen molar-refractivity contribution in [1.29, 1.82) is 0 Å². The van der Waals surface area contributed by atoms with Crippen LogP contribution in [-0.2, 0) is 0 Å². The van der Waals surface area contributed by atoms with Gasteiger partial charge in [0.25, 0.3) is 0 Å². The predicted octanol–water partition coefficient (Wildman–Crippen LogP) is 4.49. The smallest absolute Gasteiger partial charge is 0.406 e. The Morgan fingerprint density at radius 1 is 1.00 bits per heavy atom. The molecule has 0 saturated carbocycles. The minimum Gasteiger partial charge on any atom is -0.406 e. The molecule has 180 valence electrons. The molecule has 2 aromatic heterocycles. The van der Waals surface area contributed by atoms with Crippen molar-refractivity contribution in [2.45, 2.75) is 13.3 Å². The zero-order valence-corrected chi connectivity index (χ0v) is 18.7. The number of anilines is 1. The first-order valence-corrected chi connectivity index (χ1v) is 11.0. The lowest BCUT2D eigenvalue weighted by molar-refractivity contribution is -0.274. The highest BCUT2D eigenvalue weighted by Gasteiger charge is 2.31. The summed E-state index contributed by atoms with van der Waals surface area (Å²) in [6.45, 7) is 4.25. The van der Waals surface area contributed by atoms with Crippen LogP contribution in [0.4, 0.5) is 23.7 Å². The molecule has 0 radical (unpaired) electrons. The first kappa shape index (κ1) is 22.6. The monoisotopic (exact) mass is 482 g/mol. The summed E-state index contributed by atoms with van der Waals surface area (Å²) < 4.78 is 40.9. The van der Waals surface area contributed by atoms with Crippen LogP contribution in [-0.4, -0.2) is 63.5 Å². The number of aryl methyl sites for hydroxylation is 1. The lowest BCUT2D eigenvalue weighted by Gasteiger charge is -2.36. The van der Waals surface area contributed by atoms with Crippen LogP contribution in [0.15, 0.2) is 60.8 Å². The van der Waals surface area contributed by atoms with Gasteiger partial charge in [-0.25, -0.2) is 4.79 Å². The van der Waals surface area contributed by atoms with Gasteiger partial charge in [-0.05, 0) is 43.3 Å². The summed E-state index contributed by atoms with van der Waals surface area (Å²) in [7, 11) is 0. The highest BCUT2D eigenvalue weighted by Crippen LogP contribution is 2.28. The molecule has 2 aromatic carbocycles. The van der Waals surface area contributed by atoms with Crippen LogP contribution in [0.1, 0.15) is 5.69 Å². The number of para-hydroxylation sites is 1. The molecule has 1 aliphatic rings. The Balaban J connectivity index is 1.25. The van der Waals surface area contributed by atoms with Gasteiger partial charge in [-0.3, -0.25) is 4.98 Å². The molecule has 0 atom stereocenters. The van der Waals surface area contributed by atoms with Gasteiger partial charge >= 0.3 is 12.4 Å². The Labute approximate surface area is 198 Å². The topological polar surface area (TPSA) is 76.4 Å². The number of rotatable bonds is 3. The van der Waals surface area contributed by atoms with E-state index in [9.17, 15) is 18.0 Å². The average molecular weight is 482 g/mol. The summed E-state index contributed by atoms with van der Waals surface area (Å²) >= 11 is 0. The summed E-state index contributed by atoms with van der Waals surface area (Å²) in [6.07, 6.45) is -3.36. The van der Waals surface area contributed by atoms with Gasteiger partial charge in [0.1, 0.15) is 11.4 Å². The Hall–Kier alpha value is -4.15. The van der Waals surface area contributed by atoms with E-state index in [4.69, 9.17) is 0 Å². The summed E-state index contributed by atoms with van der Waals surface area (Å²) in [6, 6.07) is 14.9. The number of amides is 1.